The maximum absolute atomic E-state index is 5.14. The Kier molecular flexibility index (Phi) is 21.8. The summed E-state index contributed by atoms with van der Waals surface area (Å²) in [6.45, 7) is 12.4. The van der Waals surface area contributed by atoms with Gasteiger partial charge in [0.2, 0.25) is 0 Å². The van der Waals surface area contributed by atoms with Crippen LogP contribution in [0.15, 0.2) is 0 Å². The van der Waals surface area contributed by atoms with E-state index in [1.165, 1.54) is 64.2 Å². The van der Waals surface area contributed by atoms with Gasteiger partial charge in [-0.2, -0.15) is 0 Å². The van der Waals surface area contributed by atoms with Crippen LogP contribution in [-0.4, -0.2) is 31.2 Å². The molecule has 0 aromatic rings. The second-order valence-electron chi connectivity index (χ2n) is 7.06. The molecule has 0 unspecified atom stereocenters. The number of hydrogen-bond donors (Lipinski definition) is 1. The monoisotopic (exact) mass is 333 g/mol. The molecule has 0 aliphatic heterocycles. The van der Waals surface area contributed by atoms with Gasteiger partial charge >= 0.3 is 111 Å². The number of hydrogen-bond acceptors (Lipinski definition) is 1. The number of nitrogens with two attached hydrogens (primary N) is 1. The van der Waals surface area contributed by atoms with E-state index in [4.69, 9.17) is 5.73 Å². The van der Waals surface area contributed by atoms with Crippen LogP contribution in [0, 0.1) is 0 Å². The van der Waals surface area contributed by atoms with Gasteiger partial charge in [-0.3, -0.25) is 0 Å². The van der Waals surface area contributed by atoms with Gasteiger partial charge in [-0.05, 0) is 13.0 Å². The Balaban J connectivity index is 0. The fourth-order valence-corrected chi connectivity index (χ4v) is 9.08. The molecule has 0 heterocycles. The van der Waals surface area contributed by atoms with Crippen LogP contribution in [0.5, 0.6) is 0 Å². The molecule has 2 N–H and O–H groups in total. The SMILES string of the molecule is CCCCN.CCCC[PH](CCCC)(CCCC)CCCC. The van der Waals surface area contributed by atoms with Crippen LogP contribution >= 0.6 is 7.26 Å². The molecular formula is C20H48NP. The zero-order chi connectivity index (χ0) is 17.1. The molecule has 2 heteroatoms. The average Bonchev–Trinajstić information content (AvgIpc) is 2.55. The first-order valence-electron chi connectivity index (χ1n) is 10.4. The van der Waals surface area contributed by atoms with Crippen LogP contribution in [0.4, 0.5) is 0 Å². The second kappa shape index (κ2) is 19.4. The van der Waals surface area contributed by atoms with Gasteiger partial charge in [0.05, 0.1) is 0 Å². The van der Waals surface area contributed by atoms with E-state index in [0.717, 1.165) is 6.54 Å². The molecule has 0 aromatic heterocycles. The Hall–Kier alpha value is 0.390. The van der Waals surface area contributed by atoms with Gasteiger partial charge in [0.1, 0.15) is 0 Å². The summed E-state index contributed by atoms with van der Waals surface area (Å²) < 4.78 is 0. The fraction of sp³-hybridized carbons (Fsp3) is 1.00. The van der Waals surface area contributed by atoms with Crippen molar-refractivity contribution in [2.45, 2.75) is 98.8 Å². The summed E-state index contributed by atoms with van der Waals surface area (Å²) in [5, 5.41) is 0. The molecule has 0 aliphatic carbocycles. The second-order valence-corrected chi connectivity index (χ2v) is 12.1. The molecule has 0 saturated carbocycles. The minimum atomic E-state index is -0.879. The van der Waals surface area contributed by atoms with Crippen molar-refractivity contribution in [3.05, 3.63) is 0 Å². The standard InChI is InChI=1S/C16H37P.C4H11N/c1-5-9-13-17(14-10-6-2,15-11-7-3)16-12-8-4;1-2-3-4-5/h17H,5-16H2,1-4H3;2-5H2,1H3. The van der Waals surface area contributed by atoms with Gasteiger partial charge in [0.15, 0.2) is 0 Å². The zero-order valence-corrected chi connectivity index (χ0v) is 17.7. The molecule has 0 bridgehead atoms. The summed E-state index contributed by atoms with van der Waals surface area (Å²) >= 11 is 0. The molecule has 138 valence electrons. The summed E-state index contributed by atoms with van der Waals surface area (Å²) in [4.78, 5) is 0. The minimum absolute atomic E-state index is 0.844. The van der Waals surface area contributed by atoms with Crippen LogP contribution in [0.3, 0.4) is 0 Å². The van der Waals surface area contributed by atoms with Crippen molar-refractivity contribution in [1.82, 2.24) is 0 Å². The molecule has 0 aromatic carbocycles. The molecular weight excluding hydrogens is 285 g/mol. The van der Waals surface area contributed by atoms with Gasteiger partial charge in [-0.15, -0.1) is 0 Å². The van der Waals surface area contributed by atoms with Crippen molar-refractivity contribution in [2.24, 2.45) is 5.73 Å². The molecule has 22 heavy (non-hydrogen) atoms. The molecule has 0 atom stereocenters. The number of unbranched alkanes of at least 4 members (excludes halogenated alkanes) is 5. The Morgan fingerprint density at radius 2 is 0.773 bits per heavy atom. The van der Waals surface area contributed by atoms with Crippen molar-refractivity contribution in [1.29, 1.82) is 0 Å². The quantitative estimate of drug-likeness (QED) is 0.352. The van der Waals surface area contributed by atoms with Crippen LogP contribution in [0.2, 0.25) is 0 Å². The third-order valence-electron chi connectivity index (χ3n) is 4.80. The maximum atomic E-state index is 5.14. The van der Waals surface area contributed by atoms with Crippen LogP contribution in [0.25, 0.3) is 0 Å². The van der Waals surface area contributed by atoms with Gasteiger partial charge in [-0.25, -0.2) is 0 Å². The van der Waals surface area contributed by atoms with Crippen molar-refractivity contribution in [2.75, 3.05) is 31.2 Å². The van der Waals surface area contributed by atoms with E-state index in [9.17, 15) is 0 Å². The first kappa shape index (κ1) is 24.6. The van der Waals surface area contributed by atoms with Crippen LogP contribution in [0.1, 0.15) is 98.8 Å². The average molecular weight is 334 g/mol. The van der Waals surface area contributed by atoms with Crippen molar-refractivity contribution >= 4 is 7.26 Å². The normalized spacial score (nSPS) is 11.9. The zero-order valence-electron chi connectivity index (χ0n) is 16.7. The molecule has 0 spiro atoms. The van der Waals surface area contributed by atoms with Gasteiger partial charge in [0.25, 0.3) is 0 Å². The predicted molar refractivity (Wildman–Crippen MR) is 111 cm³/mol. The Labute approximate surface area is 143 Å². The third kappa shape index (κ3) is 15.3. The first-order valence-corrected chi connectivity index (χ1v) is 13.2. The van der Waals surface area contributed by atoms with Crippen molar-refractivity contribution < 1.29 is 0 Å². The van der Waals surface area contributed by atoms with E-state index in [2.05, 4.69) is 34.6 Å². The van der Waals surface area contributed by atoms with Crippen LogP contribution < -0.4 is 5.73 Å². The van der Waals surface area contributed by atoms with Crippen molar-refractivity contribution in [3.63, 3.8) is 0 Å². The fourth-order valence-electron chi connectivity index (χ4n) is 3.16. The van der Waals surface area contributed by atoms with Gasteiger partial charge in [0, 0.05) is 0 Å². The Bertz CT molecular complexity index is 155. The van der Waals surface area contributed by atoms with E-state index in [0.29, 0.717) is 0 Å². The van der Waals surface area contributed by atoms with E-state index in [-0.39, 0.29) is 0 Å². The molecule has 0 saturated heterocycles. The Morgan fingerprint density at radius 1 is 0.500 bits per heavy atom. The van der Waals surface area contributed by atoms with Crippen molar-refractivity contribution in [3.8, 4) is 0 Å². The third-order valence-corrected chi connectivity index (χ3v) is 10.5. The van der Waals surface area contributed by atoms with Gasteiger partial charge in [-0.1, -0.05) is 13.3 Å². The molecule has 0 aliphatic rings. The summed E-state index contributed by atoms with van der Waals surface area (Å²) in [6.07, 6.45) is 20.5. The van der Waals surface area contributed by atoms with E-state index in [1.807, 2.05) is 0 Å². The molecule has 1 nitrogen and oxygen atoms in total. The molecule has 0 fully saturated rings. The summed E-state index contributed by atoms with van der Waals surface area (Å²) in [5.41, 5.74) is 5.14. The van der Waals surface area contributed by atoms with E-state index in [1.54, 1.807) is 24.6 Å². The van der Waals surface area contributed by atoms with Crippen LogP contribution in [-0.2, 0) is 0 Å². The summed E-state index contributed by atoms with van der Waals surface area (Å²) in [6, 6.07) is 0. The predicted octanol–water partition coefficient (Wildman–Crippen LogP) is 6.68. The number of rotatable bonds is 14. The summed E-state index contributed by atoms with van der Waals surface area (Å²) in [5.74, 6) is 0. The Morgan fingerprint density at radius 3 is 0.909 bits per heavy atom. The molecule has 0 rings (SSSR count). The van der Waals surface area contributed by atoms with E-state index >= 15 is 0 Å². The first-order chi connectivity index (χ1) is 10.7. The van der Waals surface area contributed by atoms with Gasteiger partial charge < -0.3 is 5.73 Å². The summed E-state index contributed by atoms with van der Waals surface area (Å²) in [7, 11) is -0.879. The molecule has 0 amide bonds. The molecule has 0 radical (unpaired) electrons. The van der Waals surface area contributed by atoms with E-state index < -0.39 is 7.26 Å². The topological polar surface area (TPSA) is 26.0 Å².